The number of allylic oxidation sites excluding steroid dienone is 4. The Balaban J connectivity index is 2.11. The minimum atomic E-state index is -0.288. The number of esters is 1. The second kappa shape index (κ2) is 9.95. The number of hydrogen-bond acceptors (Lipinski definition) is 5. The fourth-order valence-corrected chi connectivity index (χ4v) is 2.93. The van der Waals surface area contributed by atoms with Gasteiger partial charge in [0.1, 0.15) is 12.4 Å². The first-order valence-electron chi connectivity index (χ1n) is 9.32. The fraction of sp³-hybridized carbons (Fsp3) is 0.348. The second-order valence-corrected chi connectivity index (χ2v) is 7.49. The van der Waals surface area contributed by atoms with E-state index in [0.717, 1.165) is 22.4 Å². The summed E-state index contributed by atoms with van der Waals surface area (Å²) in [5.74, 6) is 0.430. The first-order chi connectivity index (χ1) is 13.3. The molecule has 5 nitrogen and oxygen atoms in total. The van der Waals surface area contributed by atoms with Crippen LogP contribution in [0.2, 0.25) is 0 Å². The van der Waals surface area contributed by atoms with Crippen LogP contribution < -0.4 is 15.8 Å². The van der Waals surface area contributed by atoms with Crippen molar-refractivity contribution in [1.29, 1.82) is 0 Å². The van der Waals surface area contributed by atoms with Crippen LogP contribution in [-0.2, 0) is 22.5 Å². The molecule has 0 saturated heterocycles. The van der Waals surface area contributed by atoms with E-state index in [2.05, 4.69) is 50.0 Å². The predicted octanol–water partition coefficient (Wildman–Crippen LogP) is 3.42. The van der Waals surface area contributed by atoms with Crippen LogP contribution in [0.15, 0.2) is 66.4 Å². The highest BCUT2D eigenvalue weighted by Crippen LogP contribution is 2.25. The maximum Gasteiger partial charge on any atom is 0.309 e. The van der Waals surface area contributed by atoms with Crippen LogP contribution in [0, 0.1) is 5.41 Å². The third-order valence-electron chi connectivity index (χ3n) is 4.32. The summed E-state index contributed by atoms with van der Waals surface area (Å²) in [6.07, 6.45) is 10.7. The Morgan fingerprint density at radius 3 is 2.75 bits per heavy atom. The molecule has 3 N–H and O–H groups in total. The summed E-state index contributed by atoms with van der Waals surface area (Å²) in [6, 6.07) is 5.78. The van der Waals surface area contributed by atoms with E-state index in [0.29, 0.717) is 25.4 Å². The largest absolute Gasteiger partial charge is 0.489 e. The molecule has 0 radical (unpaired) electrons. The molecule has 1 aliphatic carbocycles. The van der Waals surface area contributed by atoms with E-state index in [4.69, 9.17) is 15.2 Å². The van der Waals surface area contributed by atoms with Gasteiger partial charge in [0.2, 0.25) is 0 Å². The molecular formula is C23H30N2O3. The minimum absolute atomic E-state index is 0.0131. The number of nitrogens with one attached hydrogen (secondary N) is 1. The molecule has 0 spiro atoms. The van der Waals surface area contributed by atoms with Crippen molar-refractivity contribution in [3.8, 4) is 5.75 Å². The van der Waals surface area contributed by atoms with E-state index < -0.39 is 0 Å². The molecule has 150 valence electrons. The van der Waals surface area contributed by atoms with Gasteiger partial charge in [-0.2, -0.15) is 0 Å². The Kier molecular flexibility index (Phi) is 7.64. The van der Waals surface area contributed by atoms with Gasteiger partial charge >= 0.3 is 5.97 Å². The van der Waals surface area contributed by atoms with E-state index in [1.165, 1.54) is 7.11 Å². The summed E-state index contributed by atoms with van der Waals surface area (Å²) < 4.78 is 10.8. The number of methoxy groups -OCH3 is 1. The number of rotatable bonds is 9. The smallest absolute Gasteiger partial charge is 0.309 e. The van der Waals surface area contributed by atoms with Crippen molar-refractivity contribution >= 4 is 5.97 Å². The third kappa shape index (κ3) is 7.08. The van der Waals surface area contributed by atoms with Gasteiger partial charge < -0.3 is 20.5 Å². The van der Waals surface area contributed by atoms with Crippen molar-refractivity contribution in [2.45, 2.75) is 26.8 Å². The van der Waals surface area contributed by atoms with Gasteiger partial charge in [-0.3, -0.25) is 4.79 Å². The van der Waals surface area contributed by atoms with Crippen LogP contribution >= 0.6 is 0 Å². The number of carbonyl (C=O) groups is 1. The van der Waals surface area contributed by atoms with Gasteiger partial charge in [0.15, 0.2) is 0 Å². The number of nitrogens with two attached hydrogens (primary N) is 1. The molecule has 0 aromatic heterocycles. The van der Waals surface area contributed by atoms with Crippen LogP contribution in [0.3, 0.4) is 0 Å². The lowest BCUT2D eigenvalue weighted by atomic mass is 9.91. The molecule has 0 amide bonds. The highest BCUT2D eigenvalue weighted by Gasteiger charge is 2.14. The Morgan fingerprint density at radius 2 is 2.04 bits per heavy atom. The maximum atomic E-state index is 11.8. The van der Waals surface area contributed by atoms with Gasteiger partial charge in [-0.25, -0.2) is 0 Å². The summed E-state index contributed by atoms with van der Waals surface area (Å²) in [6.45, 7) is 9.54. The lowest BCUT2D eigenvalue weighted by Crippen LogP contribution is -2.21. The first kappa shape index (κ1) is 21.5. The molecule has 0 heterocycles. The highest BCUT2D eigenvalue weighted by atomic mass is 16.5. The zero-order chi connectivity index (χ0) is 20.6. The van der Waals surface area contributed by atoms with Gasteiger partial charge in [0.25, 0.3) is 0 Å². The summed E-state index contributed by atoms with van der Waals surface area (Å²) in [5.41, 5.74) is 9.12. The van der Waals surface area contributed by atoms with Crippen LogP contribution in [0.5, 0.6) is 5.75 Å². The first-order valence-corrected chi connectivity index (χ1v) is 9.32. The molecule has 2 rings (SSSR count). The molecular weight excluding hydrogens is 352 g/mol. The molecule has 5 heteroatoms. The molecule has 0 bridgehead atoms. The lowest BCUT2D eigenvalue weighted by molar-refractivity contribution is -0.139. The Labute approximate surface area is 167 Å². The van der Waals surface area contributed by atoms with Crippen LogP contribution in [-0.4, -0.2) is 26.2 Å². The van der Waals surface area contributed by atoms with Crippen molar-refractivity contribution in [2.24, 2.45) is 11.1 Å². The molecule has 0 aliphatic heterocycles. The van der Waals surface area contributed by atoms with E-state index in [1.807, 2.05) is 24.3 Å². The SMILES string of the molecule is C=C(N)CNCc1ccc(OCC2=CC(C)(C)C=CC=C2)cc1CC(=O)OC. The van der Waals surface area contributed by atoms with Crippen LogP contribution in [0.25, 0.3) is 0 Å². The molecule has 1 aliphatic rings. The van der Waals surface area contributed by atoms with Gasteiger partial charge in [0.05, 0.1) is 13.5 Å². The summed E-state index contributed by atoms with van der Waals surface area (Å²) >= 11 is 0. The zero-order valence-corrected chi connectivity index (χ0v) is 17.0. The maximum absolute atomic E-state index is 11.8. The Hall–Kier alpha value is -2.79. The molecule has 1 aromatic carbocycles. The minimum Gasteiger partial charge on any atom is -0.489 e. The standard InChI is InChI=1S/C23H30N2O3/c1-17(24)14-25-15-19-8-9-21(11-20(19)12-22(26)27-4)28-16-18-7-5-6-10-23(2,3)13-18/h5-11,13,25H,1,12,14-16,24H2,2-4H3. The second-order valence-electron chi connectivity index (χ2n) is 7.49. The highest BCUT2D eigenvalue weighted by molar-refractivity contribution is 5.73. The predicted molar refractivity (Wildman–Crippen MR) is 113 cm³/mol. The average Bonchev–Trinajstić information content (AvgIpc) is 2.81. The molecule has 0 unspecified atom stereocenters. The Morgan fingerprint density at radius 1 is 1.25 bits per heavy atom. The van der Waals surface area contributed by atoms with E-state index in [-0.39, 0.29) is 17.8 Å². The van der Waals surface area contributed by atoms with Gasteiger partial charge in [-0.05, 0) is 28.8 Å². The third-order valence-corrected chi connectivity index (χ3v) is 4.32. The zero-order valence-electron chi connectivity index (χ0n) is 17.0. The Bertz CT molecular complexity index is 804. The van der Waals surface area contributed by atoms with Crippen LogP contribution in [0.4, 0.5) is 0 Å². The fourth-order valence-electron chi connectivity index (χ4n) is 2.93. The lowest BCUT2D eigenvalue weighted by Gasteiger charge is -2.16. The molecule has 0 fully saturated rings. The normalized spacial score (nSPS) is 14.9. The molecule has 1 aromatic rings. The van der Waals surface area contributed by atoms with Crippen LogP contribution in [0.1, 0.15) is 25.0 Å². The quantitative estimate of drug-likeness (QED) is 0.640. The van der Waals surface area contributed by atoms with E-state index >= 15 is 0 Å². The summed E-state index contributed by atoms with van der Waals surface area (Å²) in [4.78, 5) is 11.8. The summed E-state index contributed by atoms with van der Waals surface area (Å²) in [7, 11) is 1.39. The average molecular weight is 383 g/mol. The van der Waals surface area contributed by atoms with Gasteiger partial charge in [0, 0.05) is 24.2 Å². The number of ether oxygens (including phenoxy) is 2. The topological polar surface area (TPSA) is 73.6 Å². The number of hydrogen-bond donors (Lipinski definition) is 2. The monoisotopic (exact) mass is 382 g/mol. The van der Waals surface area contributed by atoms with Gasteiger partial charge in [-0.1, -0.05) is 56.9 Å². The van der Waals surface area contributed by atoms with E-state index in [1.54, 1.807) is 0 Å². The number of benzene rings is 1. The van der Waals surface area contributed by atoms with E-state index in [9.17, 15) is 4.79 Å². The van der Waals surface area contributed by atoms with Crippen molar-refractivity contribution in [2.75, 3.05) is 20.3 Å². The van der Waals surface area contributed by atoms with Crippen molar-refractivity contribution in [3.05, 3.63) is 77.6 Å². The molecule has 28 heavy (non-hydrogen) atoms. The molecule has 0 atom stereocenters. The van der Waals surface area contributed by atoms with Gasteiger partial charge in [-0.15, -0.1) is 0 Å². The van der Waals surface area contributed by atoms with Crippen molar-refractivity contribution in [1.82, 2.24) is 5.32 Å². The number of carbonyl (C=O) groups excluding carboxylic acids is 1. The summed E-state index contributed by atoms with van der Waals surface area (Å²) in [5, 5.41) is 3.21. The van der Waals surface area contributed by atoms with Crippen molar-refractivity contribution < 1.29 is 14.3 Å². The molecule has 0 saturated carbocycles. The van der Waals surface area contributed by atoms with Crippen molar-refractivity contribution in [3.63, 3.8) is 0 Å².